The van der Waals surface area contributed by atoms with Gasteiger partial charge in [-0.3, -0.25) is 14.5 Å². The van der Waals surface area contributed by atoms with Gasteiger partial charge in [0.25, 0.3) is 0 Å². The van der Waals surface area contributed by atoms with Crippen LogP contribution in [0.15, 0.2) is 0 Å². The summed E-state index contributed by atoms with van der Waals surface area (Å²) in [6, 6.07) is 0. The number of rotatable bonds is 12. The fraction of sp³-hybridized carbons (Fsp3) is 0.700. The van der Waals surface area contributed by atoms with Crippen LogP contribution in [0.1, 0.15) is 6.42 Å². The summed E-state index contributed by atoms with van der Waals surface area (Å²) in [5.74, 6) is -1.95. The Hall–Kier alpha value is -1.67. The van der Waals surface area contributed by atoms with E-state index in [-0.39, 0.29) is 19.6 Å². The zero-order chi connectivity index (χ0) is 13.8. The van der Waals surface area contributed by atoms with Crippen LogP contribution in [0.2, 0.25) is 0 Å². The minimum atomic E-state index is -1.05. The Morgan fingerprint density at radius 3 is 2.44 bits per heavy atom. The van der Waals surface area contributed by atoms with Crippen molar-refractivity contribution in [2.75, 3.05) is 39.4 Å². The zero-order valence-corrected chi connectivity index (χ0v) is 10.0. The molecule has 0 aromatic heterocycles. The van der Waals surface area contributed by atoms with E-state index in [9.17, 15) is 14.4 Å². The van der Waals surface area contributed by atoms with Crippen LogP contribution in [0.4, 0.5) is 0 Å². The third-order valence-electron chi connectivity index (χ3n) is 2.07. The van der Waals surface area contributed by atoms with Crippen LogP contribution < -0.4 is 5.32 Å². The topological polar surface area (TPSA) is 116 Å². The maximum atomic E-state index is 10.4. The molecule has 8 nitrogen and oxygen atoms in total. The van der Waals surface area contributed by atoms with Gasteiger partial charge in [-0.1, -0.05) is 0 Å². The van der Waals surface area contributed by atoms with Crippen molar-refractivity contribution in [2.45, 2.75) is 6.42 Å². The predicted molar refractivity (Wildman–Crippen MR) is 61.2 cm³/mol. The van der Waals surface area contributed by atoms with E-state index < -0.39 is 11.9 Å². The number of ether oxygens (including phenoxy) is 1. The maximum Gasteiger partial charge on any atom is 0.329 e. The van der Waals surface area contributed by atoms with Gasteiger partial charge in [0, 0.05) is 26.2 Å². The second-order valence-corrected chi connectivity index (χ2v) is 3.50. The SMILES string of the molecule is O=CNCCN(CCOCC(=O)O)CCC(=O)O. The first-order valence-electron chi connectivity index (χ1n) is 5.47. The molecule has 0 spiro atoms. The fourth-order valence-corrected chi connectivity index (χ4v) is 1.22. The van der Waals surface area contributed by atoms with Gasteiger partial charge in [-0.05, 0) is 0 Å². The number of nitrogens with zero attached hydrogens (tertiary/aromatic N) is 1. The monoisotopic (exact) mass is 262 g/mol. The van der Waals surface area contributed by atoms with Crippen molar-refractivity contribution in [3.8, 4) is 0 Å². The highest BCUT2D eigenvalue weighted by Crippen LogP contribution is 1.92. The van der Waals surface area contributed by atoms with Gasteiger partial charge < -0.3 is 20.3 Å². The lowest BCUT2D eigenvalue weighted by Gasteiger charge is -2.20. The van der Waals surface area contributed by atoms with Crippen molar-refractivity contribution < 1.29 is 29.3 Å². The largest absolute Gasteiger partial charge is 0.481 e. The third-order valence-corrected chi connectivity index (χ3v) is 2.07. The molecule has 3 N–H and O–H groups in total. The fourth-order valence-electron chi connectivity index (χ4n) is 1.22. The van der Waals surface area contributed by atoms with Gasteiger partial charge in [-0.2, -0.15) is 0 Å². The van der Waals surface area contributed by atoms with E-state index in [0.29, 0.717) is 32.6 Å². The highest BCUT2D eigenvalue weighted by atomic mass is 16.5. The summed E-state index contributed by atoms with van der Waals surface area (Å²) < 4.78 is 4.86. The minimum absolute atomic E-state index is 0.0139. The highest BCUT2D eigenvalue weighted by molar-refractivity contribution is 5.68. The average molecular weight is 262 g/mol. The Kier molecular flexibility index (Phi) is 9.51. The van der Waals surface area contributed by atoms with Crippen molar-refractivity contribution in [3.63, 3.8) is 0 Å². The Morgan fingerprint density at radius 1 is 1.17 bits per heavy atom. The number of carbonyl (C=O) groups excluding carboxylic acids is 1. The van der Waals surface area contributed by atoms with Crippen LogP contribution in [0.3, 0.4) is 0 Å². The first kappa shape index (κ1) is 16.3. The number of nitrogens with one attached hydrogen (secondary N) is 1. The zero-order valence-electron chi connectivity index (χ0n) is 10.0. The predicted octanol–water partition coefficient (Wildman–Crippen LogP) is -1.39. The van der Waals surface area contributed by atoms with Crippen LogP contribution in [-0.4, -0.2) is 72.9 Å². The molecule has 0 unspecified atom stereocenters. The van der Waals surface area contributed by atoms with E-state index in [1.165, 1.54) is 0 Å². The molecular weight excluding hydrogens is 244 g/mol. The highest BCUT2D eigenvalue weighted by Gasteiger charge is 2.07. The molecule has 8 heteroatoms. The van der Waals surface area contributed by atoms with Crippen molar-refractivity contribution in [1.82, 2.24) is 10.2 Å². The van der Waals surface area contributed by atoms with Crippen molar-refractivity contribution >= 4 is 18.3 Å². The molecule has 0 aromatic rings. The maximum absolute atomic E-state index is 10.4. The summed E-state index contributed by atoms with van der Waals surface area (Å²) in [6.07, 6.45) is 0.552. The number of amides is 1. The van der Waals surface area contributed by atoms with E-state index in [1.54, 1.807) is 4.90 Å². The first-order valence-corrected chi connectivity index (χ1v) is 5.47. The number of hydrogen-bond acceptors (Lipinski definition) is 5. The number of carbonyl (C=O) groups is 3. The third kappa shape index (κ3) is 10.8. The number of aliphatic carboxylic acids is 2. The molecule has 0 saturated carbocycles. The van der Waals surface area contributed by atoms with Crippen LogP contribution in [-0.2, 0) is 19.1 Å². The van der Waals surface area contributed by atoms with E-state index >= 15 is 0 Å². The van der Waals surface area contributed by atoms with Crippen molar-refractivity contribution in [3.05, 3.63) is 0 Å². The van der Waals surface area contributed by atoms with Crippen LogP contribution >= 0.6 is 0 Å². The first-order chi connectivity index (χ1) is 8.56. The summed E-state index contributed by atoms with van der Waals surface area (Å²) in [7, 11) is 0. The summed E-state index contributed by atoms with van der Waals surface area (Å²) in [5.41, 5.74) is 0. The average Bonchev–Trinajstić information content (AvgIpc) is 2.30. The number of carboxylic acids is 2. The van der Waals surface area contributed by atoms with Crippen LogP contribution in [0.5, 0.6) is 0 Å². The van der Waals surface area contributed by atoms with Gasteiger partial charge in [0.1, 0.15) is 6.61 Å². The van der Waals surface area contributed by atoms with E-state index in [0.717, 1.165) is 0 Å². The van der Waals surface area contributed by atoms with E-state index in [2.05, 4.69) is 5.32 Å². The van der Waals surface area contributed by atoms with Gasteiger partial charge in [0.2, 0.25) is 6.41 Å². The van der Waals surface area contributed by atoms with Crippen molar-refractivity contribution in [2.24, 2.45) is 0 Å². The number of hydrogen-bond donors (Lipinski definition) is 3. The molecule has 0 aliphatic rings. The lowest BCUT2D eigenvalue weighted by Crippen LogP contribution is -2.36. The van der Waals surface area contributed by atoms with Gasteiger partial charge >= 0.3 is 11.9 Å². The lowest BCUT2D eigenvalue weighted by molar-refractivity contribution is -0.142. The molecule has 0 aliphatic heterocycles. The molecule has 0 radical (unpaired) electrons. The molecule has 0 aromatic carbocycles. The molecule has 0 atom stereocenters. The Balaban J connectivity index is 3.83. The lowest BCUT2D eigenvalue weighted by atomic mass is 10.3. The molecular formula is C10H18N2O6. The van der Waals surface area contributed by atoms with Gasteiger partial charge in [0.05, 0.1) is 13.0 Å². The standard InChI is InChI=1S/C10H18N2O6/c13-8-11-2-4-12(3-1-9(14)15)5-6-18-7-10(16)17/h8H,1-7H2,(H,11,13)(H,14,15)(H,16,17). The van der Waals surface area contributed by atoms with E-state index in [1.807, 2.05) is 0 Å². The molecule has 1 amide bonds. The molecule has 0 fully saturated rings. The molecule has 18 heavy (non-hydrogen) atoms. The molecule has 0 rings (SSSR count). The van der Waals surface area contributed by atoms with Gasteiger partial charge in [-0.25, -0.2) is 4.79 Å². The van der Waals surface area contributed by atoms with E-state index in [4.69, 9.17) is 14.9 Å². The number of carboxylic acid groups (broad SMARTS) is 2. The van der Waals surface area contributed by atoms with Crippen LogP contribution in [0, 0.1) is 0 Å². The second-order valence-electron chi connectivity index (χ2n) is 3.50. The molecule has 0 heterocycles. The molecule has 0 bridgehead atoms. The Morgan fingerprint density at radius 2 is 1.89 bits per heavy atom. The van der Waals surface area contributed by atoms with Crippen molar-refractivity contribution in [1.29, 1.82) is 0 Å². The van der Waals surface area contributed by atoms with Gasteiger partial charge in [0.15, 0.2) is 0 Å². The second kappa shape index (κ2) is 10.5. The summed E-state index contributed by atoms with van der Waals surface area (Å²) in [5, 5.41) is 19.4. The van der Waals surface area contributed by atoms with Gasteiger partial charge in [-0.15, -0.1) is 0 Å². The normalized spacial score (nSPS) is 10.3. The van der Waals surface area contributed by atoms with Crippen LogP contribution in [0.25, 0.3) is 0 Å². The molecule has 104 valence electrons. The quantitative estimate of drug-likeness (QED) is 0.293. The summed E-state index contributed by atoms with van der Waals surface area (Å²) >= 11 is 0. The smallest absolute Gasteiger partial charge is 0.329 e. The summed E-state index contributed by atoms with van der Waals surface area (Å²) in [6.45, 7) is 1.46. The Labute approximate surface area is 105 Å². The minimum Gasteiger partial charge on any atom is -0.481 e. The summed E-state index contributed by atoms with van der Waals surface area (Å²) in [4.78, 5) is 32.5. The molecule has 0 aliphatic carbocycles. The Bertz CT molecular complexity index is 271. The molecule has 0 saturated heterocycles.